The van der Waals surface area contributed by atoms with E-state index >= 15 is 0 Å². The Balaban J connectivity index is 2.04. The van der Waals surface area contributed by atoms with Crippen LogP contribution in [0.5, 0.6) is 0 Å². The zero-order valence-corrected chi connectivity index (χ0v) is 10.7. The monoisotopic (exact) mass is 275 g/mol. The lowest BCUT2D eigenvalue weighted by Gasteiger charge is -2.05. The Morgan fingerprint density at radius 1 is 1.35 bits per heavy atom. The molecule has 8 nitrogen and oxygen atoms in total. The molecule has 1 aromatic carbocycles. The number of rotatable bonds is 3. The van der Waals surface area contributed by atoms with Crippen molar-refractivity contribution in [3.05, 3.63) is 41.7 Å². The molecule has 0 saturated heterocycles. The van der Waals surface area contributed by atoms with Crippen molar-refractivity contribution in [1.29, 1.82) is 0 Å². The second-order valence-corrected chi connectivity index (χ2v) is 3.89. The summed E-state index contributed by atoms with van der Waals surface area (Å²) < 4.78 is 5.53. The normalized spacial score (nSPS) is 10.1. The second kappa shape index (κ2) is 5.83. The van der Waals surface area contributed by atoms with Gasteiger partial charge in [0.15, 0.2) is 0 Å². The first-order chi connectivity index (χ1) is 9.60. The van der Waals surface area contributed by atoms with E-state index in [0.29, 0.717) is 12.1 Å². The van der Waals surface area contributed by atoms with Crippen LogP contribution in [-0.2, 0) is 11.3 Å². The maximum Gasteiger partial charge on any atom is 0.407 e. The van der Waals surface area contributed by atoms with Gasteiger partial charge in [-0.25, -0.2) is 9.78 Å². The molecule has 20 heavy (non-hydrogen) atoms. The van der Waals surface area contributed by atoms with Gasteiger partial charge >= 0.3 is 6.09 Å². The van der Waals surface area contributed by atoms with Crippen LogP contribution in [0, 0.1) is 0 Å². The van der Waals surface area contributed by atoms with Crippen LogP contribution in [0.3, 0.4) is 0 Å². The number of ether oxygens (including phenoxy) is 1. The van der Waals surface area contributed by atoms with Crippen LogP contribution >= 0.6 is 0 Å². The van der Waals surface area contributed by atoms with E-state index < -0.39 is 6.09 Å². The van der Waals surface area contributed by atoms with E-state index in [1.165, 1.54) is 13.4 Å². The molecule has 2 aromatic rings. The molecule has 0 aliphatic rings. The maximum absolute atomic E-state index is 12.0. The molecule has 0 saturated carbocycles. The van der Waals surface area contributed by atoms with Crippen molar-refractivity contribution in [3.8, 4) is 0 Å². The number of hydrogen-bond donors (Lipinski definition) is 2. The number of anilines is 1. The van der Waals surface area contributed by atoms with Crippen molar-refractivity contribution >= 4 is 17.9 Å². The average Bonchev–Trinajstić information content (AvgIpc) is 2.91. The van der Waals surface area contributed by atoms with Crippen LogP contribution in [0.15, 0.2) is 30.6 Å². The van der Waals surface area contributed by atoms with Gasteiger partial charge in [0.05, 0.1) is 7.11 Å². The Labute approximate surface area is 114 Å². The fourth-order valence-corrected chi connectivity index (χ4v) is 1.52. The van der Waals surface area contributed by atoms with E-state index in [4.69, 9.17) is 5.73 Å². The Kier molecular flexibility index (Phi) is 3.94. The van der Waals surface area contributed by atoms with Crippen LogP contribution < -0.4 is 11.1 Å². The number of carbonyl (C=O) groups excluding carboxylic acids is 2. The molecule has 104 valence electrons. The highest BCUT2D eigenvalue weighted by atomic mass is 16.5. The number of alkyl carbamates (subject to hydrolysis) is 1. The van der Waals surface area contributed by atoms with E-state index in [0.717, 1.165) is 10.2 Å². The highest BCUT2D eigenvalue weighted by Gasteiger charge is 2.10. The van der Waals surface area contributed by atoms with Crippen molar-refractivity contribution < 1.29 is 14.3 Å². The van der Waals surface area contributed by atoms with E-state index in [9.17, 15) is 9.59 Å². The Morgan fingerprint density at radius 3 is 2.60 bits per heavy atom. The summed E-state index contributed by atoms with van der Waals surface area (Å²) in [6, 6.07) is 6.72. The third-order valence-corrected chi connectivity index (χ3v) is 2.54. The molecule has 1 amide bonds. The summed E-state index contributed by atoms with van der Waals surface area (Å²) in [6.07, 6.45) is 0.743. The molecular formula is C12H13N5O3. The predicted octanol–water partition coefficient (Wildman–Crippen LogP) is 0.405. The first-order valence-electron chi connectivity index (χ1n) is 5.72. The van der Waals surface area contributed by atoms with Gasteiger partial charge in [-0.1, -0.05) is 12.1 Å². The minimum Gasteiger partial charge on any atom is -0.453 e. The highest BCUT2D eigenvalue weighted by Crippen LogP contribution is 2.06. The molecule has 2 rings (SSSR count). The van der Waals surface area contributed by atoms with Gasteiger partial charge in [0.2, 0.25) is 5.95 Å². The zero-order valence-electron chi connectivity index (χ0n) is 10.7. The summed E-state index contributed by atoms with van der Waals surface area (Å²) in [6.45, 7) is 0.317. The number of nitrogens with zero attached hydrogens (tertiary/aromatic N) is 3. The number of benzene rings is 1. The highest BCUT2D eigenvalue weighted by molar-refractivity contribution is 5.95. The zero-order chi connectivity index (χ0) is 14.5. The lowest BCUT2D eigenvalue weighted by atomic mass is 10.1. The number of carbonyl (C=O) groups is 2. The van der Waals surface area contributed by atoms with E-state index in [1.54, 1.807) is 24.3 Å². The van der Waals surface area contributed by atoms with Crippen LogP contribution in [0.25, 0.3) is 0 Å². The van der Waals surface area contributed by atoms with Crippen molar-refractivity contribution in [1.82, 2.24) is 20.1 Å². The Morgan fingerprint density at radius 2 is 2.05 bits per heavy atom. The molecule has 0 radical (unpaired) electrons. The van der Waals surface area contributed by atoms with Crippen LogP contribution in [-0.4, -0.2) is 33.9 Å². The molecule has 1 aromatic heterocycles. The molecule has 0 bridgehead atoms. The Hall–Kier alpha value is -2.90. The average molecular weight is 275 g/mol. The smallest absolute Gasteiger partial charge is 0.407 e. The van der Waals surface area contributed by atoms with Gasteiger partial charge in [-0.3, -0.25) is 4.79 Å². The molecule has 3 N–H and O–H groups in total. The minimum atomic E-state index is -0.511. The van der Waals surface area contributed by atoms with E-state index in [2.05, 4.69) is 20.1 Å². The number of nitrogens with two attached hydrogens (primary N) is 1. The number of hydrogen-bond acceptors (Lipinski definition) is 6. The molecular weight excluding hydrogens is 262 g/mol. The summed E-state index contributed by atoms with van der Waals surface area (Å²) in [7, 11) is 1.29. The lowest BCUT2D eigenvalue weighted by molar-refractivity contribution is 0.0945. The number of amides is 1. The molecule has 8 heteroatoms. The van der Waals surface area contributed by atoms with Crippen molar-refractivity contribution in [3.63, 3.8) is 0 Å². The molecule has 1 heterocycles. The van der Waals surface area contributed by atoms with Gasteiger partial charge < -0.3 is 15.8 Å². The fourth-order valence-electron chi connectivity index (χ4n) is 1.52. The Bertz CT molecular complexity index is 620. The van der Waals surface area contributed by atoms with Crippen molar-refractivity contribution in [2.75, 3.05) is 12.8 Å². The third kappa shape index (κ3) is 3.10. The molecule has 0 atom stereocenters. The molecule has 0 unspecified atom stereocenters. The SMILES string of the molecule is COC(=O)NCc1ccc(C(=O)n2cnc(N)n2)cc1. The van der Waals surface area contributed by atoms with Crippen molar-refractivity contribution in [2.24, 2.45) is 0 Å². The summed E-state index contributed by atoms with van der Waals surface area (Å²) >= 11 is 0. The van der Waals surface area contributed by atoms with Gasteiger partial charge in [-0.2, -0.15) is 4.68 Å². The van der Waals surface area contributed by atoms with Gasteiger partial charge in [-0.05, 0) is 17.7 Å². The van der Waals surface area contributed by atoms with E-state index in [-0.39, 0.29) is 11.9 Å². The van der Waals surface area contributed by atoms with Crippen LogP contribution in [0.2, 0.25) is 0 Å². The molecule has 0 aliphatic carbocycles. The molecule has 0 spiro atoms. The summed E-state index contributed by atoms with van der Waals surface area (Å²) in [5.74, 6) is -0.293. The lowest BCUT2D eigenvalue weighted by Crippen LogP contribution is -2.22. The van der Waals surface area contributed by atoms with Crippen LogP contribution in [0.1, 0.15) is 15.9 Å². The third-order valence-electron chi connectivity index (χ3n) is 2.54. The number of aromatic nitrogens is 3. The predicted molar refractivity (Wildman–Crippen MR) is 69.8 cm³/mol. The van der Waals surface area contributed by atoms with Gasteiger partial charge in [-0.15, -0.1) is 5.10 Å². The fraction of sp³-hybridized carbons (Fsp3) is 0.167. The standard InChI is InChI=1S/C12H13N5O3/c1-20-12(19)14-6-8-2-4-9(5-3-8)10(18)17-7-15-11(13)16-17/h2-5,7H,6H2,1H3,(H2,13,16)(H,14,19). The summed E-state index contributed by atoms with van der Waals surface area (Å²) in [4.78, 5) is 26.6. The quantitative estimate of drug-likeness (QED) is 0.838. The van der Waals surface area contributed by atoms with Crippen LogP contribution in [0.4, 0.5) is 10.7 Å². The number of nitrogens with one attached hydrogen (secondary N) is 1. The number of nitrogen functional groups attached to an aromatic ring is 1. The first-order valence-corrected chi connectivity index (χ1v) is 5.72. The topological polar surface area (TPSA) is 112 Å². The number of methoxy groups -OCH3 is 1. The van der Waals surface area contributed by atoms with Crippen molar-refractivity contribution in [2.45, 2.75) is 6.54 Å². The second-order valence-electron chi connectivity index (χ2n) is 3.89. The summed E-state index contributed by atoms with van der Waals surface area (Å²) in [5.41, 5.74) is 6.63. The molecule has 0 fully saturated rings. The maximum atomic E-state index is 12.0. The largest absolute Gasteiger partial charge is 0.453 e. The summed E-state index contributed by atoms with van der Waals surface area (Å²) in [5, 5.41) is 6.28. The van der Waals surface area contributed by atoms with Gasteiger partial charge in [0.25, 0.3) is 5.91 Å². The van der Waals surface area contributed by atoms with Gasteiger partial charge in [0, 0.05) is 12.1 Å². The van der Waals surface area contributed by atoms with Gasteiger partial charge in [0.1, 0.15) is 6.33 Å². The van der Waals surface area contributed by atoms with E-state index in [1.807, 2.05) is 0 Å². The minimum absolute atomic E-state index is 0.0391. The first kappa shape index (κ1) is 13.5. The molecule has 0 aliphatic heterocycles.